The molecule has 0 radical (unpaired) electrons. The van der Waals surface area contributed by atoms with E-state index in [1.165, 1.54) is 6.20 Å². The number of likely N-dealkylation sites (tertiary alicyclic amines) is 1. The van der Waals surface area contributed by atoms with Gasteiger partial charge in [-0.2, -0.15) is 13.2 Å². The van der Waals surface area contributed by atoms with Gasteiger partial charge in [0.1, 0.15) is 5.56 Å². The predicted octanol–water partition coefficient (Wildman–Crippen LogP) is 4.29. The van der Waals surface area contributed by atoms with Gasteiger partial charge in [0.05, 0.1) is 5.69 Å². The van der Waals surface area contributed by atoms with Crippen molar-refractivity contribution in [3.8, 4) is 11.3 Å². The molecule has 7 nitrogen and oxygen atoms in total. The summed E-state index contributed by atoms with van der Waals surface area (Å²) in [5, 5.41) is 6.99. The number of hydrogen-bond acceptors (Lipinski definition) is 5. The average molecular weight is 473 g/mol. The summed E-state index contributed by atoms with van der Waals surface area (Å²) >= 11 is 0. The number of benzene rings is 1. The molecule has 4 heterocycles. The Morgan fingerprint density at radius 2 is 2.12 bits per heavy atom. The number of rotatable bonds is 4. The molecule has 1 aromatic carbocycles. The fourth-order valence-electron chi connectivity index (χ4n) is 4.78. The first-order chi connectivity index (χ1) is 16.3. The molecule has 180 valence electrons. The van der Waals surface area contributed by atoms with Crippen LogP contribution in [0.5, 0.6) is 0 Å². The van der Waals surface area contributed by atoms with Gasteiger partial charge in [-0.1, -0.05) is 13.0 Å². The summed E-state index contributed by atoms with van der Waals surface area (Å²) in [6.45, 7) is 5.18. The van der Waals surface area contributed by atoms with Gasteiger partial charge < -0.3 is 20.5 Å². The summed E-state index contributed by atoms with van der Waals surface area (Å²) in [6, 6.07) is 5.12. The fourth-order valence-corrected chi connectivity index (χ4v) is 4.78. The van der Waals surface area contributed by atoms with Crippen LogP contribution in [0.25, 0.3) is 22.2 Å². The van der Waals surface area contributed by atoms with E-state index >= 15 is 0 Å². The molecule has 2 aromatic heterocycles. The summed E-state index contributed by atoms with van der Waals surface area (Å²) in [4.78, 5) is 25.9. The molecule has 2 aliphatic rings. The highest BCUT2D eigenvalue weighted by Crippen LogP contribution is 2.39. The number of hydrogen-bond donors (Lipinski definition) is 3. The van der Waals surface area contributed by atoms with Gasteiger partial charge in [0.2, 0.25) is 5.95 Å². The second-order valence-electron chi connectivity index (χ2n) is 9.25. The number of carbonyl (C=O) groups is 1. The molecule has 0 unspecified atom stereocenters. The van der Waals surface area contributed by atoms with E-state index in [9.17, 15) is 18.0 Å². The van der Waals surface area contributed by atoms with E-state index in [4.69, 9.17) is 0 Å². The minimum absolute atomic E-state index is 0.0585. The van der Waals surface area contributed by atoms with Crippen molar-refractivity contribution in [3.05, 3.63) is 41.7 Å². The van der Waals surface area contributed by atoms with Gasteiger partial charge in [-0.25, -0.2) is 9.97 Å². The van der Waals surface area contributed by atoms with Gasteiger partial charge in [-0.3, -0.25) is 4.79 Å². The Labute approximate surface area is 195 Å². The zero-order valence-corrected chi connectivity index (χ0v) is 18.9. The average Bonchev–Trinajstić information content (AvgIpc) is 3.44. The molecule has 2 atom stereocenters. The summed E-state index contributed by atoms with van der Waals surface area (Å²) in [7, 11) is 0. The van der Waals surface area contributed by atoms with E-state index in [2.05, 4.69) is 32.5 Å². The minimum Gasteiger partial charge on any atom is -0.360 e. The highest BCUT2D eigenvalue weighted by atomic mass is 19.4. The third-order valence-electron chi connectivity index (χ3n) is 6.62. The molecule has 0 bridgehead atoms. The Hall–Kier alpha value is -3.14. The number of carbonyl (C=O) groups excluding carboxylic acids is 1. The number of aromatic nitrogens is 3. The van der Waals surface area contributed by atoms with Crippen LogP contribution < -0.4 is 10.6 Å². The maximum absolute atomic E-state index is 13.8. The van der Waals surface area contributed by atoms with Crippen LogP contribution in [0.3, 0.4) is 0 Å². The highest BCUT2D eigenvalue weighted by molar-refractivity contribution is 6.02. The van der Waals surface area contributed by atoms with Gasteiger partial charge >= 0.3 is 6.18 Å². The summed E-state index contributed by atoms with van der Waals surface area (Å²) in [6.07, 6.45) is 0.595. The smallest absolute Gasteiger partial charge is 0.360 e. The molecule has 2 fully saturated rings. The van der Waals surface area contributed by atoms with Crippen molar-refractivity contribution in [1.29, 1.82) is 0 Å². The van der Waals surface area contributed by atoms with Crippen LogP contribution in [0, 0.1) is 5.92 Å². The number of alkyl halides is 3. The molecule has 3 aromatic rings. The van der Waals surface area contributed by atoms with Crippen molar-refractivity contribution in [3.63, 3.8) is 0 Å². The van der Waals surface area contributed by atoms with Crippen molar-refractivity contribution >= 4 is 22.8 Å². The Kier molecular flexibility index (Phi) is 5.93. The molecule has 34 heavy (non-hydrogen) atoms. The van der Waals surface area contributed by atoms with Gasteiger partial charge in [0.15, 0.2) is 0 Å². The summed E-state index contributed by atoms with van der Waals surface area (Å²) < 4.78 is 41.5. The number of piperidine rings is 1. The van der Waals surface area contributed by atoms with E-state index in [0.29, 0.717) is 34.5 Å². The number of fused-ring (bicyclic) bond motifs is 1. The summed E-state index contributed by atoms with van der Waals surface area (Å²) in [5.74, 6) is 0.574. The van der Waals surface area contributed by atoms with Crippen molar-refractivity contribution in [2.45, 2.75) is 38.4 Å². The molecular weight excluding hydrogens is 445 g/mol. The van der Waals surface area contributed by atoms with Gasteiger partial charge in [0.25, 0.3) is 5.91 Å². The fraction of sp³-hybridized carbons (Fsp3) is 0.458. The molecule has 2 saturated heterocycles. The van der Waals surface area contributed by atoms with E-state index in [1.807, 2.05) is 4.90 Å². The molecule has 10 heteroatoms. The predicted molar refractivity (Wildman–Crippen MR) is 124 cm³/mol. The largest absolute Gasteiger partial charge is 0.419 e. The van der Waals surface area contributed by atoms with E-state index in [-0.39, 0.29) is 23.6 Å². The van der Waals surface area contributed by atoms with Gasteiger partial charge in [0, 0.05) is 60.1 Å². The number of amides is 1. The second-order valence-corrected chi connectivity index (χ2v) is 9.25. The molecule has 2 aliphatic heterocycles. The Morgan fingerprint density at radius 3 is 2.82 bits per heavy atom. The topological polar surface area (TPSA) is 85.9 Å². The van der Waals surface area contributed by atoms with Crippen LogP contribution in [0.2, 0.25) is 0 Å². The normalized spacial score (nSPS) is 21.2. The Morgan fingerprint density at radius 1 is 1.26 bits per heavy atom. The maximum Gasteiger partial charge on any atom is 0.419 e. The quantitative estimate of drug-likeness (QED) is 0.528. The van der Waals surface area contributed by atoms with Crippen LogP contribution in [0.15, 0.2) is 30.6 Å². The number of nitrogens with one attached hydrogen (secondary N) is 3. The van der Waals surface area contributed by atoms with Crippen LogP contribution in [-0.4, -0.2) is 58.0 Å². The Bertz CT molecular complexity index is 1200. The molecule has 5 rings (SSSR count). The van der Waals surface area contributed by atoms with Crippen LogP contribution >= 0.6 is 0 Å². The lowest BCUT2D eigenvalue weighted by Gasteiger charge is -2.24. The number of aromatic amines is 1. The first-order valence-electron chi connectivity index (χ1n) is 11.6. The monoisotopic (exact) mass is 472 g/mol. The van der Waals surface area contributed by atoms with Crippen LogP contribution in [-0.2, 0) is 6.18 Å². The highest BCUT2D eigenvalue weighted by Gasteiger charge is 2.36. The summed E-state index contributed by atoms with van der Waals surface area (Å²) in [5.41, 5.74) is 0.342. The third-order valence-corrected chi connectivity index (χ3v) is 6.62. The molecule has 0 spiro atoms. The van der Waals surface area contributed by atoms with Gasteiger partial charge in [-0.05, 0) is 43.9 Å². The minimum atomic E-state index is -4.60. The molecule has 1 amide bonds. The van der Waals surface area contributed by atoms with Crippen molar-refractivity contribution < 1.29 is 18.0 Å². The zero-order chi connectivity index (χ0) is 23.9. The van der Waals surface area contributed by atoms with Gasteiger partial charge in [-0.15, -0.1) is 0 Å². The number of H-pyrrole nitrogens is 1. The van der Waals surface area contributed by atoms with Crippen molar-refractivity contribution in [2.75, 3.05) is 31.5 Å². The second kappa shape index (κ2) is 8.90. The first-order valence-corrected chi connectivity index (χ1v) is 11.6. The van der Waals surface area contributed by atoms with E-state index in [1.54, 1.807) is 18.2 Å². The van der Waals surface area contributed by atoms with Crippen LogP contribution in [0.4, 0.5) is 19.1 Å². The standard InChI is InChI=1S/C24H27F3N6O/c1-14-6-8-33(13-14)22(34)15-4-5-17-18(11-29-20(17)9-15)21-19(24(25,26)27)12-30-23(32-21)31-16-3-2-7-28-10-16/h4-5,9,11-12,14,16,28-29H,2-3,6-8,10,13H2,1H3,(H,30,31,32)/t14-,16-/m0/s1. The molecule has 0 aliphatic carbocycles. The maximum atomic E-state index is 13.8. The Balaban J connectivity index is 1.50. The SMILES string of the molecule is C[C@H]1CCN(C(=O)c2ccc3c(-c4nc(N[C@H]5CCCNC5)ncc4C(F)(F)F)c[nH]c3c2)C1. The molecular formula is C24H27F3N6O. The molecule has 0 saturated carbocycles. The number of halogens is 3. The number of nitrogens with zero attached hydrogens (tertiary/aromatic N) is 3. The first kappa shape index (κ1) is 22.6. The lowest BCUT2D eigenvalue weighted by molar-refractivity contribution is -0.137. The van der Waals surface area contributed by atoms with E-state index in [0.717, 1.165) is 45.1 Å². The van der Waals surface area contributed by atoms with Crippen molar-refractivity contribution in [2.24, 2.45) is 5.92 Å². The lowest BCUT2D eigenvalue weighted by atomic mass is 10.0. The van der Waals surface area contributed by atoms with E-state index < -0.39 is 11.7 Å². The number of anilines is 1. The molecule has 3 N–H and O–H groups in total. The van der Waals surface area contributed by atoms with Crippen molar-refractivity contribution in [1.82, 2.24) is 25.2 Å². The zero-order valence-electron chi connectivity index (χ0n) is 18.9. The lowest BCUT2D eigenvalue weighted by Crippen LogP contribution is -2.38. The third kappa shape index (κ3) is 4.46. The van der Waals surface area contributed by atoms with Crippen LogP contribution in [0.1, 0.15) is 42.1 Å².